The monoisotopic (exact) mass is 288 g/mol. The van der Waals surface area contributed by atoms with Crippen LogP contribution in [-0.4, -0.2) is 27.3 Å². The minimum absolute atomic E-state index is 0.355. The highest BCUT2D eigenvalue weighted by Crippen LogP contribution is 2.41. The van der Waals surface area contributed by atoms with Crippen LogP contribution in [0.4, 0.5) is 0 Å². The van der Waals surface area contributed by atoms with Crippen LogP contribution in [0.2, 0.25) is 0 Å². The topological polar surface area (TPSA) is 54.0 Å². The molecule has 2 aromatic rings. The maximum Gasteiger partial charge on any atom is 0.337 e. The van der Waals surface area contributed by atoms with Crippen molar-refractivity contribution in [3.8, 4) is 0 Å². The molecule has 21 heavy (non-hydrogen) atoms. The van der Waals surface area contributed by atoms with Crippen LogP contribution in [0.25, 0.3) is 10.8 Å². The van der Waals surface area contributed by atoms with Gasteiger partial charge in [-0.3, -0.25) is 0 Å². The minimum Gasteiger partial charge on any atom is -0.465 e. The number of carbonyl (C=O) groups excluding carboxylic acids is 1. The van der Waals surface area contributed by atoms with Gasteiger partial charge in [-0.15, -0.1) is 0 Å². The first kappa shape index (κ1) is 14.0. The van der Waals surface area contributed by atoms with E-state index in [1.54, 1.807) is 26.4 Å². The molecular formula is C16H16O5. The summed E-state index contributed by atoms with van der Waals surface area (Å²) >= 11 is 0. The van der Waals surface area contributed by atoms with E-state index in [2.05, 4.69) is 0 Å². The average Bonchev–Trinajstić information content (AvgIpc) is 2.88. The molecule has 0 bridgehead atoms. The zero-order chi connectivity index (χ0) is 15.0. The largest absolute Gasteiger partial charge is 0.465 e. The predicted molar refractivity (Wildman–Crippen MR) is 75.9 cm³/mol. The van der Waals surface area contributed by atoms with Gasteiger partial charge in [0.25, 0.3) is 0 Å². The van der Waals surface area contributed by atoms with Crippen LogP contribution < -0.4 is 0 Å². The summed E-state index contributed by atoms with van der Waals surface area (Å²) in [4.78, 5) is 11.6. The van der Waals surface area contributed by atoms with Crippen molar-refractivity contribution in [3.63, 3.8) is 0 Å². The smallest absolute Gasteiger partial charge is 0.337 e. The highest BCUT2D eigenvalue weighted by Gasteiger charge is 2.32. The Morgan fingerprint density at radius 3 is 2.14 bits per heavy atom. The Labute approximate surface area is 122 Å². The number of methoxy groups -OCH3 is 3. The number of carbonyl (C=O) groups is 1. The van der Waals surface area contributed by atoms with Crippen LogP contribution >= 0.6 is 0 Å². The van der Waals surface area contributed by atoms with Crippen molar-refractivity contribution in [3.05, 3.63) is 47.0 Å². The summed E-state index contributed by atoms with van der Waals surface area (Å²) in [5.41, 5.74) is 2.38. The maximum atomic E-state index is 11.6. The molecule has 0 spiro atoms. The Kier molecular flexibility index (Phi) is 3.63. The maximum absolute atomic E-state index is 11.6. The lowest BCUT2D eigenvalue weighted by Crippen LogP contribution is -2.01. The molecular weight excluding hydrogens is 272 g/mol. The first-order chi connectivity index (χ1) is 10.2. The SMILES string of the molecule is COC(=O)c1ccc2cc3c(cc2c1)[C@@H](OC)O[C@H]3OC. The van der Waals surface area contributed by atoms with E-state index in [0.717, 1.165) is 21.9 Å². The Bertz CT molecular complexity index is 694. The number of hydrogen-bond acceptors (Lipinski definition) is 5. The van der Waals surface area contributed by atoms with Crippen LogP contribution in [0.3, 0.4) is 0 Å². The normalized spacial score (nSPS) is 20.5. The van der Waals surface area contributed by atoms with Crippen LogP contribution in [-0.2, 0) is 18.9 Å². The van der Waals surface area contributed by atoms with E-state index in [4.69, 9.17) is 18.9 Å². The number of benzene rings is 2. The molecule has 0 aliphatic carbocycles. The van der Waals surface area contributed by atoms with Crippen LogP contribution in [0.1, 0.15) is 34.1 Å². The van der Waals surface area contributed by atoms with E-state index in [-0.39, 0.29) is 5.97 Å². The van der Waals surface area contributed by atoms with Crippen molar-refractivity contribution < 1.29 is 23.7 Å². The fourth-order valence-electron chi connectivity index (χ4n) is 2.61. The van der Waals surface area contributed by atoms with E-state index in [1.807, 2.05) is 18.2 Å². The van der Waals surface area contributed by atoms with Gasteiger partial charge in [0.15, 0.2) is 12.6 Å². The summed E-state index contributed by atoms with van der Waals surface area (Å²) in [5.74, 6) is -0.355. The van der Waals surface area contributed by atoms with E-state index in [9.17, 15) is 4.79 Å². The van der Waals surface area contributed by atoms with Gasteiger partial charge in [-0.05, 0) is 35.0 Å². The summed E-state index contributed by atoms with van der Waals surface area (Å²) in [6, 6.07) is 9.39. The van der Waals surface area contributed by atoms with Gasteiger partial charge in [0.2, 0.25) is 0 Å². The molecule has 3 rings (SSSR count). The number of esters is 1. The summed E-state index contributed by atoms with van der Waals surface area (Å²) in [6.45, 7) is 0. The lowest BCUT2D eigenvalue weighted by molar-refractivity contribution is -0.217. The van der Waals surface area contributed by atoms with Gasteiger partial charge in [0, 0.05) is 25.3 Å². The van der Waals surface area contributed by atoms with E-state index in [1.165, 1.54) is 7.11 Å². The summed E-state index contributed by atoms with van der Waals surface area (Å²) in [5, 5.41) is 1.93. The summed E-state index contributed by atoms with van der Waals surface area (Å²) < 4.78 is 21.1. The second kappa shape index (κ2) is 5.44. The molecule has 110 valence electrons. The third-order valence-electron chi connectivity index (χ3n) is 3.65. The molecule has 2 aromatic carbocycles. The molecule has 0 saturated carbocycles. The number of rotatable bonds is 3. The molecule has 0 fully saturated rings. The lowest BCUT2D eigenvalue weighted by atomic mass is 10.00. The van der Waals surface area contributed by atoms with Gasteiger partial charge in [-0.2, -0.15) is 0 Å². The third-order valence-corrected chi connectivity index (χ3v) is 3.65. The van der Waals surface area contributed by atoms with Gasteiger partial charge in [0.05, 0.1) is 12.7 Å². The highest BCUT2D eigenvalue weighted by molar-refractivity contribution is 5.95. The Balaban J connectivity index is 2.14. The fraction of sp³-hybridized carbons (Fsp3) is 0.312. The van der Waals surface area contributed by atoms with Crippen molar-refractivity contribution in [1.29, 1.82) is 0 Å². The molecule has 0 radical (unpaired) electrons. The van der Waals surface area contributed by atoms with Crippen LogP contribution in [0.15, 0.2) is 30.3 Å². The van der Waals surface area contributed by atoms with Crippen molar-refractivity contribution in [2.75, 3.05) is 21.3 Å². The molecule has 0 aromatic heterocycles. The van der Waals surface area contributed by atoms with Crippen molar-refractivity contribution in [1.82, 2.24) is 0 Å². The molecule has 0 amide bonds. The van der Waals surface area contributed by atoms with E-state index in [0.29, 0.717) is 5.56 Å². The number of hydrogen-bond donors (Lipinski definition) is 0. The third kappa shape index (κ3) is 2.29. The predicted octanol–water partition coefficient (Wildman–Crippen LogP) is 2.95. The van der Waals surface area contributed by atoms with Gasteiger partial charge >= 0.3 is 5.97 Å². The molecule has 0 N–H and O–H groups in total. The Morgan fingerprint density at radius 2 is 1.57 bits per heavy atom. The first-order valence-electron chi connectivity index (χ1n) is 6.55. The van der Waals surface area contributed by atoms with Crippen molar-refractivity contribution in [2.24, 2.45) is 0 Å². The van der Waals surface area contributed by atoms with E-state index < -0.39 is 12.6 Å². The second-order valence-electron chi connectivity index (χ2n) is 4.81. The quantitative estimate of drug-likeness (QED) is 0.813. The first-order valence-corrected chi connectivity index (χ1v) is 6.55. The molecule has 2 atom stereocenters. The molecule has 0 unspecified atom stereocenters. The Hall–Kier alpha value is -1.95. The van der Waals surface area contributed by atoms with Crippen molar-refractivity contribution >= 4 is 16.7 Å². The molecule has 0 saturated heterocycles. The zero-order valence-corrected chi connectivity index (χ0v) is 12.1. The van der Waals surface area contributed by atoms with Gasteiger partial charge in [0.1, 0.15) is 0 Å². The zero-order valence-electron chi connectivity index (χ0n) is 12.1. The van der Waals surface area contributed by atoms with Gasteiger partial charge in [-0.1, -0.05) is 6.07 Å². The van der Waals surface area contributed by atoms with E-state index >= 15 is 0 Å². The lowest BCUT2D eigenvalue weighted by Gasteiger charge is -2.10. The highest BCUT2D eigenvalue weighted by atomic mass is 16.8. The van der Waals surface area contributed by atoms with Crippen molar-refractivity contribution in [2.45, 2.75) is 12.6 Å². The molecule has 5 nitrogen and oxygen atoms in total. The minimum atomic E-state index is -0.462. The molecule has 1 heterocycles. The van der Waals surface area contributed by atoms with Gasteiger partial charge < -0.3 is 18.9 Å². The van der Waals surface area contributed by atoms with Crippen LogP contribution in [0, 0.1) is 0 Å². The number of ether oxygens (including phenoxy) is 4. The Morgan fingerprint density at radius 1 is 0.952 bits per heavy atom. The molecule has 5 heteroatoms. The fourth-order valence-corrected chi connectivity index (χ4v) is 2.61. The summed E-state index contributed by atoms with van der Waals surface area (Å²) in [7, 11) is 4.55. The van der Waals surface area contributed by atoms with Crippen LogP contribution in [0.5, 0.6) is 0 Å². The van der Waals surface area contributed by atoms with Gasteiger partial charge in [-0.25, -0.2) is 4.79 Å². The molecule has 1 aliphatic heterocycles. The standard InChI is InChI=1S/C16H16O5/c1-18-14(17)10-5-4-9-7-12-13(8-11(9)6-10)16(20-3)21-15(12)19-2/h4-8,15-16H,1-3H3/t15-,16+/m1/s1. The second-order valence-corrected chi connectivity index (χ2v) is 4.81. The summed E-state index contributed by atoms with van der Waals surface area (Å²) in [6.07, 6.45) is -0.897. The number of fused-ring (bicyclic) bond motifs is 2. The molecule has 1 aliphatic rings. The average molecular weight is 288 g/mol.